The molecule has 0 spiro atoms. The topological polar surface area (TPSA) is 55.3 Å². The number of benzene rings is 1. The molecule has 4 rings (SSSR count). The van der Waals surface area contributed by atoms with Gasteiger partial charge in [-0.3, -0.25) is 5.43 Å². The average Bonchev–Trinajstić information content (AvgIpc) is 3.23. The standard InChI is InChI=1S/C25H36N6.C4H8/c1-18-11-15-30(16-12-18)14-6-13-26-24-28-23(27-22-17-19(2)29-31(22)24)20-7-9-21(10-8-20)25(3,4)5;1-3-4-2/h7-10,17-18,29H,2,6,11-16H2,1,3-5H3,(H,26,27,28);3-4H,1-2H3/b;4-3+. The summed E-state index contributed by atoms with van der Waals surface area (Å²) in [6, 6.07) is 8.63. The normalized spacial score (nSPS) is 20.1. The van der Waals surface area contributed by atoms with Crippen molar-refractivity contribution in [1.29, 1.82) is 0 Å². The highest BCUT2D eigenvalue weighted by atomic mass is 15.6. The van der Waals surface area contributed by atoms with E-state index in [9.17, 15) is 0 Å². The molecule has 0 aliphatic carbocycles. The maximum atomic E-state index is 4.84. The van der Waals surface area contributed by atoms with E-state index < -0.39 is 0 Å². The summed E-state index contributed by atoms with van der Waals surface area (Å²) in [5.41, 5.74) is 6.57. The minimum absolute atomic E-state index is 0.131. The number of aliphatic imine (C=N–C) groups is 2. The summed E-state index contributed by atoms with van der Waals surface area (Å²) in [5, 5.41) is 5.31. The fourth-order valence-corrected chi connectivity index (χ4v) is 4.14. The van der Waals surface area contributed by atoms with Gasteiger partial charge in [0.15, 0.2) is 0 Å². The molecule has 3 heterocycles. The zero-order valence-electron chi connectivity index (χ0n) is 22.6. The van der Waals surface area contributed by atoms with Crippen LogP contribution in [0.3, 0.4) is 0 Å². The molecule has 1 aromatic rings. The minimum atomic E-state index is 0.131. The molecule has 35 heavy (non-hydrogen) atoms. The lowest BCUT2D eigenvalue weighted by molar-refractivity contribution is 0.191. The molecule has 0 atom stereocenters. The highest BCUT2D eigenvalue weighted by Crippen LogP contribution is 2.24. The number of amidine groups is 1. The number of fused-ring (bicyclic) bond motifs is 1. The highest BCUT2D eigenvalue weighted by Gasteiger charge is 2.28. The Kier molecular flexibility index (Phi) is 9.33. The zero-order chi connectivity index (χ0) is 25.4. The molecular formula is C29H44N6. The fraction of sp³-hybridized carbons (Fsp3) is 0.517. The van der Waals surface area contributed by atoms with E-state index >= 15 is 0 Å². The number of allylic oxidation sites excluding steroid dienone is 3. The van der Waals surface area contributed by atoms with Crippen LogP contribution in [0.1, 0.15) is 71.9 Å². The van der Waals surface area contributed by atoms with Gasteiger partial charge in [-0.25, -0.2) is 10.0 Å². The monoisotopic (exact) mass is 476 g/mol. The third-order valence-electron chi connectivity index (χ3n) is 6.59. The van der Waals surface area contributed by atoms with Gasteiger partial charge in [0.05, 0.1) is 5.70 Å². The summed E-state index contributed by atoms with van der Waals surface area (Å²) < 4.78 is 0. The SMILES string of the molecule is C/C=C/C.C=C1C=C2NC(c3ccc(C(C)(C)C)cc3)=NC(=NCCCN3CCC(C)CC3)N2N1. The van der Waals surface area contributed by atoms with Crippen molar-refractivity contribution in [3.8, 4) is 0 Å². The quantitative estimate of drug-likeness (QED) is 0.431. The number of rotatable bonds is 5. The first-order chi connectivity index (χ1) is 16.7. The number of nitrogens with one attached hydrogen (secondary N) is 2. The van der Waals surface area contributed by atoms with Gasteiger partial charge in [0.2, 0.25) is 5.96 Å². The van der Waals surface area contributed by atoms with Crippen molar-refractivity contribution < 1.29 is 0 Å². The van der Waals surface area contributed by atoms with Gasteiger partial charge in [-0.05, 0) is 69.6 Å². The predicted molar refractivity (Wildman–Crippen MR) is 149 cm³/mol. The van der Waals surface area contributed by atoms with Crippen molar-refractivity contribution in [2.24, 2.45) is 15.9 Å². The fourth-order valence-electron chi connectivity index (χ4n) is 4.14. The van der Waals surface area contributed by atoms with Crippen LogP contribution >= 0.6 is 0 Å². The van der Waals surface area contributed by atoms with Gasteiger partial charge in [0, 0.05) is 18.2 Å². The van der Waals surface area contributed by atoms with Crippen molar-refractivity contribution in [1.82, 2.24) is 20.7 Å². The van der Waals surface area contributed by atoms with Crippen molar-refractivity contribution in [2.75, 3.05) is 26.2 Å². The Morgan fingerprint density at radius 3 is 2.37 bits per heavy atom. The Morgan fingerprint density at radius 1 is 1.11 bits per heavy atom. The second kappa shape index (κ2) is 12.2. The lowest BCUT2D eigenvalue weighted by atomic mass is 9.86. The summed E-state index contributed by atoms with van der Waals surface area (Å²) in [5.74, 6) is 3.30. The number of hydrazine groups is 1. The first kappa shape index (κ1) is 26.7. The van der Waals surface area contributed by atoms with E-state index in [4.69, 9.17) is 9.98 Å². The molecule has 1 saturated heterocycles. The van der Waals surface area contributed by atoms with Gasteiger partial charge in [-0.15, -0.1) is 0 Å². The molecule has 0 saturated carbocycles. The van der Waals surface area contributed by atoms with E-state index in [1.165, 1.54) is 31.5 Å². The lowest BCUT2D eigenvalue weighted by Crippen LogP contribution is -2.47. The molecule has 6 heteroatoms. The van der Waals surface area contributed by atoms with Gasteiger partial charge >= 0.3 is 0 Å². The molecule has 2 N–H and O–H groups in total. The van der Waals surface area contributed by atoms with Crippen molar-refractivity contribution in [3.05, 3.63) is 71.7 Å². The lowest BCUT2D eigenvalue weighted by Gasteiger charge is -2.30. The van der Waals surface area contributed by atoms with E-state index in [0.717, 1.165) is 48.3 Å². The number of hydrogen-bond donors (Lipinski definition) is 2. The largest absolute Gasteiger partial charge is 0.324 e. The average molecular weight is 477 g/mol. The summed E-state index contributed by atoms with van der Waals surface area (Å²) in [4.78, 5) is 12.2. The predicted octanol–water partition coefficient (Wildman–Crippen LogP) is 5.57. The summed E-state index contributed by atoms with van der Waals surface area (Å²) in [6.45, 7) is 21.4. The molecular weight excluding hydrogens is 432 g/mol. The van der Waals surface area contributed by atoms with Gasteiger partial charge in [0.25, 0.3) is 0 Å². The van der Waals surface area contributed by atoms with Crippen LogP contribution in [0.25, 0.3) is 0 Å². The van der Waals surface area contributed by atoms with E-state index in [0.29, 0.717) is 5.96 Å². The van der Waals surface area contributed by atoms with Crippen LogP contribution in [0.5, 0.6) is 0 Å². The number of likely N-dealkylation sites (tertiary alicyclic amines) is 1. The van der Waals surface area contributed by atoms with Gasteiger partial charge in [-0.1, -0.05) is 70.7 Å². The summed E-state index contributed by atoms with van der Waals surface area (Å²) in [7, 11) is 0. The Morgan fingerprint density at radius 2 is 1.77 bits per heavy atom. The second-order valence-electron chi connectivity index (χ2n) is 10.6. The van der Waals surface area contributed by atoms with E-state index in [-0.39, 0.29) is 5.41 Å². The molecule has 0 bridgehead atoms. The third kappa shape index (κ3) is 7.56. The minimum Gasteiger partial charge on any atom is -0.324 e. The van der Waals surface area contributed by atoms with Crippen LogP contribution in [-0.2, 0) is 5.41 Å². The van der Waals surface area contributed by atoms with Gasteiger partial charge in [-0.2, -0.15) is 4.99 Å². The molecule has 0 radical (unpaired) electrons. The van der Waals surface area contributed by atoms with Crippen LogP contribution < -0.4 is 10.7 Å². The van der Waals surface area contributed by atoms with Crippen LogP contribution in [0.2, 0.25) is 0 Å². The molecule has 0 aromatic heterocycles. The van der Waals surface area contributed by atoms with Crippen LogP contribution in [0, 0.1) is 5.92 Å². The highest BCUT2D eigenvalue weighted by molar-refractivity contribution is 6.09. The smallest absolute Gasteiger partial charge is 0.247 e. The van der Waals surface area contributed by atoms with Crippen LogP contribution in [0.4, 0.5) is 0 Å². The van der Waals surface area contributed by atoms with Gasteiger partial charge in [0.1, 0.15) is 11.7 Å². The molecule has 0 unspecified atom stereocenters. The Hall–Kier alpha value is -2.86. The van der Waals surface area contributed by atoms with Crippen molar-refractivity contribution in [2.45, 2.75) is 66.2 Å². The first-order valence-corrected chi connectivity index (χ1v) is 13.0. The molecule has 1 aromatic carbocycles. The molecule has 190 valence electrons. The molecule has 0 amide bonds. The molecule has 6 nitrogen and oxygen atoms in total. The number of hydrogen-bond acceptors (Lipinski definition) is 4. The number of nitrogens with zero attached hydrogens (tertiary/aromatic N) is 4. The van der Waals surface area contributed by atoms with Crippen molar-refractivity contribution >= 4 is 11.8 Å². The zero-order valence-corrected chi connectivity index (χ0v) is 22.6. The Bertz CT molecular complexity index is 965. The number of guanidine groups is 1. The van der Waals surface area contributed by atoms with E-state index in [1.54, 1.807) is 0 Å². The number of piperidine rings is 1. The van der Waals surface area contributed by atoms with Gasteiger partial charge < -0.3 is 10.2 Å². The van der Waals surface area contributed by atoms with Crippen LogP contribution in [-0.4, -0.2) is 47.9 Å². The maximum Gasteiger partial charge on any atom is 0.247 e. The summed E-state index contributed by atoms with van der Waals surface area (Å²) >= 11 is 0. The summed E-state index contributed by atoms with van der Waals surface area (Å²) in [6.07, 6.45) is 9.67. The Labute approximate surface area is 212 Å². The molecule has 3 aliphatic heterocycles. The maximum absolute atomic E-state index is 4.84. The van der Waals surface area contributed by atoms with E-state index in [1.807, 2.05) is 37.1 Å². The van der Waals surface area contributed by atoms with E-state index in [2.05, 4.69) is 74.2 Å². The van der Waals surface area contributed by atoms with Crippen molar-refractivity contribution in [3.63, 3.8) is 0 Å². The molecule has 3 aliphatic rings. The third-order valence-corrected chi connectivity index (χ3v) is 6.59. The molecule has 1 fully saturated rings. The van der Waals surface area contributed by atoms with Crippen LogP contribution in [0.15, 0.2) is 70.6 Å². The Balaban J connectivity index is 0.000000795. The first-order valence-electron chi connectivity index (χ1n) is 13.0. The second-order valence-corrected chi connectivity index (χ2v) is 10.6.